The van der Waals surface area contributed by atoms with E-state index in [4.69, 9.17) is 19.2 Å². The van der Waals surface area contributed by atoms with Gasteiger partial charge in [-0.25, -0.2) is 4.98 Å². The van der Waals surface area contributed by atoms with Crippen LogP contribution in [-0.4, -0.2) is 43.3 Å². The zero-order valence-corrected chi connectivity index (χ0v) is 22.5. The number of nitrogens with zero attached hydrogens (tertiary/aromatic N) is 2. The van der Waals surface area contributed by atoms with Crippen LogP contribution in [-0.2, 0) is 19.4 Å². The van der Waals surface area contributed by atoms with Crippen LogP contribution in [0, 0.1) is 0 Å². The molecule has 4 rings (SSSR count). The fraction of sp³-hybridized carbons (Fsp3) is 0.355. The number of methoxy groups -OCH3 is 3. The molecule has 0 aliphatic heterocycles. The summed E-state index contributed by atoms with van der Waals surface area (Å²) >= 11 is 0. The number of ether oxygens (including phenoxy) is 3. The lowest BCUT2D eigenvalue weighted by molar-refractivity contribution is 0.0952. The lowest BCUT2D eigenvalue weighted by Crippen LogP contribution is -2.24. The predicted molar refractivity (Wildman–Crippen MR) is 150 cm³/mol. The molecule has 1 heterocycles. The molecule has 0 saturated heterocycles. The smallest absolute Gasteiger partial charge is 0.251 e. The van der Waals surface area contributed by atoms with Crippen LogP contribution < -0.4 is 19.5 Å². The number of hydrogen-bond acceptors (Lipinski definition) is 5. The van der Waals surface area contributed by atoms with Crippen molar-refractivity contribution in [2.24, 2.45) is 0 Å². The van der Waals surface area contributed by atoms with Gasteiger partial charge in [-0.15, -0.1) is 0 Å². The van der Waals surface area contributed by atoms with E-state index in [0.29, 0.717) is 29.4 Å². The van der Waals surface area contributed by atoms with Crippen LogP contribution in [0.4, 0.5) is 0 Å². The van der Waals surface area contributed by atoms with E-state index in [2.05, 4.69) is 58.4 Å². The highest BCUT2D eigenvalue weighted by atomic mass is 16.5. The maximum atomic E-state index is 12.7. The van der Waals surface area contributed by atoms with Crippen molar-refractivity contribution < 1.29 is 19.0 Å². The van der Waals surface area contributed by atoms with Crippen LogP contribution in [0.3, 0.4) is 0 Å². The maximum Gasteiger partial charge on any atom is 0.251 e. The second-order valence-corrected chi connectivity index (χ2v) is 9.24. The Morgan fingerprint density at radius 3 is 2.24 bits per heavy atom. The first-order valence-corrected chi connectivity index (χ1v) is 13.2. The zero-order chi connectivity index (χ0) is 26.7. The minimum atomic E-state index is -0.163. The molecule has 3 aromatic carbocycles. The second-order valence-electron chi connectivity index (χ2n) is 9.24. The molecule has 200 valence electrons. The summed E-state index contributed by atoms with van der Waals surface area (Å²) in [6.45, 7) is 1.55. The summed E-state index contributed by atoms with van der Waals surface area (Å²) in [4.78, 5) is 17.6. The summed E-state index contributed by atoms with van der Waals surface area (Å²) in [6, 6.07) is 22.3. The molecular weight excluding hydrogens is 478 g/mol. The summed E-state index contributed by atoms with van der Waals surface area (Å²) in [6.07, 6.45) is 5.96. The standard InChI is InChI=1S/C31H37N3O4/c1-36-27-21-24(22-28(37-2)30(27)38-3)31(35)32-19-11-5-8-18-29-33-25-16-9-10-17-26(25)34(29)20-12-15-23-13-6-4-7-14-23/h4,6-7,9-10,13-14,16-17,21-22H,5,8,11-12,15,18-20H2,1-3H3,(H,32,35). The van der Waals surface area contributed by atoms with Gasteiger partial charge in [0, 0.05) is 25.1 Å². The van der Waals surface area contributed by atoms with E-state index in [-0.39, 0.29) is 5.91 Å². The Morgan fingerprint density at radius 2 is 1.53 bits per heavy atom. The molecular formula is C31H37N3O4. The molecule has 1 aromatic heterocycles. The van der Waals surface area contributed by atoms with Gasteiger partial charge in [-0.3, -0.25) is 4.79 Å². The summed E-state index contributed by atoms with van der Waals surface area (Å²) < 4.78 is 18.4. The molecule has 0 unspecified atom stereocenters. The Labute approximate surface area is 224 Å². The van der Waals surface area contributed by atoms with E-state index >= 15 is 0 Å². The highest BCUT2D eigenvalue weighted by molar-refractivity contribution is 5.95. The highest BCUT2D eigenvalue weighted by Crippen LogP contribution is 2.38. The number of carbonyl (C=O) groups is 1. The topological polar surface area (TPSA) is 74.6 Å². The van der Waals surface area contributed by atoms with Crippen molar-refractivity contribution in [1.82, 2.24) is 14.9 Å². The van der Waals surface area contributed by atoms with Crippen molar-refractivity contribution in [3.63, 3.8) is 0 Å². The van der Waals surface area contributed by atoms with Crippen LogP contribution in [0.15, 0.2) is 66.7 Å². The predicted octanol–water partition coefficient (Wildman–Crippen LogP) is 5.84. The average Bonchev–Trinajstić information content (AvgIpc) is 3.31. The number of rotatable bonds is 14. The van der Waals surface area contributed by atoms with Gasteiger partial charge >= 0.3 is 0 Å². The quantitative estimate of drug-likeness (QED) is 0.214. The van der Waals surface area contributed by atoms with E-state index in [9.17, 15) is 4.79 Å². The molecule has 1 N–H and O–H groups in total. The fourth-order valence-corrected chi connectivity index (χ4v) is 4.75. The zero-order valence-electron chi connectivity index (χ0n) is 22.5. The molecule has 0 aliphatic rings. The minimum absolute atomic E-state index is 0.163. The van der Waals surface area contributed by atoms with Crippen molar-refractivity contribution in [2.75, 3.05) is 27.9 Å². The fourth-order valence-electron chi connectivity index (χ4n) is 4.75. The van der Waals surface area contributed by atoms with Crippen molar-refractivity contribution in [1.29, 1.82) is 0 Å². The third-order valence-corrected chi connectivity index (χ3v) is 6.71. The van der Waals surface area contributed by atoms with Crippen molar-refractivity contribution in [3.8, 4) is 17.2 Å². The summed E-state index contributed by atoms with van der Waals surface area (Å²) in [7, 11) is 4.62. The second kappa shape index (κ2) is 13.5. The van der Waals surface area contributed by atoms with Gasteiger partial charge in [-0.05, 0) is 55.5 Å². The van der Waals surface area contributed by atoms with Crippen LogP contribution in [0.1, 0.15) is 47.4 Å². The molecule has 7 heteroatoms. The van der Waals surface area contributed by atoms with Gasteiger partial charge in [-0.2, -0.15) is 0 Å². The number of carbonyl (C=O) groups excluding carboxylic acids is 1. The molecule has 0 aliphatic carbocycles. The number of imidazole rings is 1. The van der Waals surface area contributed by atoms with Gasteiger partial charge in [0.2, 0.25) is 5.75 Å². The highest BCUT2D eigenvalue weighted by Gasteiger charge is 2.17. The maximum absolute atomic E-state index is 12.7. The summed E-state index contributed by atoms with van der Waals surface area (Å²) in [5.74, 6) is 2.37. The molecule has 0 bridgehead atoms. The third kappa shape index (κ3) is 6.65. The van der Waals surface area contributed by atoms with Crippen LogP contribution in [0.5, 0.6) is 17.2 Å². The number of benzene rings is 3. The molecule has 38 heavy (non-hydrogen) atoms. The van der Waals surface area contributed by atoms with Gasteiger partial charge in [-0.1, -0.05) is 48.9 Å². The molecule has 4 aromatic rings. The van der Waals surface area contributed by atoms with Crippen LogP contribution in [0.25, 0.3) is 11.0 Å². The number of para-hydroxylation sites is 2. The number of unbranched alkanes of at least 4 members (excludes halogenated alkanes) is 2. The van der Waals surface area contributed by atoms with Gasteiger partial charge in [0.05, 0.1) is 32.4 Å². The Morgan fingerprint density at radius 1 is 0.816 bits per heavy atom. The summed E-state index contributed by atoms with van der Waals surface area (Å²) in [5.41, 5.74) is 4.10. The Hall–Kier alpha value is -4.00. The largest absolute Gasteiger partial charge is 0.493 e. The van der Waals surface area contributed by atoms with E-state index in [0.717, 1.165) is 56.4 Å². The summed E-state index contributed by atoms with van der Waals surface area (Å²) in [5, 5.41) is 3.00. The van der Waals surface area contributed by atoms with Gasteiger partial charge in [0.15, 0.2) is 11.5 Å². The third-order valence-electron chi connectivity index (χ3n) is 6.71. The first-order valence-electron chi connectivity index (χ1n) is 13.2. The lowest BCUT2D eigenvalue weighted by atomic mass is 10.1. The Balaban J connectivity index is 1.27. The van der Waals surface area contributed by atoms with Crippen LogP contribution >= 0.6 is 0 Å². The Bertz CT molecular complexity index is 1310. The first kappa shape index (κ1) is 27.0. The number of nitrogens with one attached hydrogen (secondary N) is 1. The van der Waals surface area contributed by atoms with Crippen LogP contribution in [0.2, 0.25) is 0 Å². The monoisotopic (exact) mass is 515 g/mol. The van der Waals surface area contributed by atoms with Crippen molar-refractivity contribution in [3.05, 3.63) is 83.7 Å². The number of amides is 1. The molecule has 0 atom stereocenters. The van der Waals surface area contributed by atoms with E-state index in [1.54, 1.807) is 19.2 Å². The molecule has 0 spiro atoms. The average molecular weight is 516 g/mol. The lowest BCUT2D eigenvalue weighted by Gasteiger charge is -2.14. The Kier molecular flexibility index (Phi) is 9.62. The van der Waals surface area contributed by atoms with E-state index in [1.807, 2.05) is 6.07 Å². The first-order chi connectivity index (χ1) is 18.6. The number of hydrogen-bond donors (Lipinski definition) is 1. The van der Waals surface area contributed by atoms with Crippen molar-refractivity contribution >= 4 is 16.9 Å². The number of aromatic nitrogens is 2. The normalized spacial score (nSPS) is 10.9. The van der Waals surface area contributed by atoms with Gasteiger partial charge < -0.3 is 24.1 Å². The van der Waals surface area contributed by atoms with Crippen molar-refractivity contribution in [2.45, 2.75) is 45.1 Å². The molecule has 1 amide bonds. The number of fused-ring (bicyclic) bond motifs is 1. The van der Waals surface area contributed by atoms with Gasteiger partial charge in [0.1, 0.15) is 5.82 Å². The minimum Gasteiger partial charge on any atom is -0.493 e. The SMILES string of the molecule is COc1cc(C(=O)NCCCCCc2nc3ccccc3n2CCCc2ccccc2)cc(OC)c1OC. The molecule has 0 fully saturated rings. The van der Waals surface area contributed by atoms with E-state index in [1.165, 1.54) is 25.3 Å². The molecule has 0 saturated carbocycles. The number of aryl methyl sites for hydroxylation is 3. The molecule has 7 nitrogen and oxygen atoms in total. The van der Waals surface area contributed by atoms with E-state index < -0.39 is 0 Å². The van der Waals surface area contributed by atoms with Gasteiger partial charge in [0.25, 0.3) is 5.91 Å². The molecule has 0 radical (unpaired) electrons.